The van der Waals surface area contributed by atoms with Crippen molar-refractivity contribution in [1.82, 2.24) is 14.7 Å². The van der Waals surface area contributed by atoms with E-state index in [0.29, 0.717) is 25.3 Å². The van der Waals surface area contributed by atoms with Crippen LogP contribution in [0.3, 0.4) is 0 Å². The standard InChI is InChI=1S/C18H23N5O2/c1-13-4-2-5-14(10-13)11-23-16(7-8-20-23)21-17(24)12-22-9-3-6-15(22)18(19)25/h2,4-5,7-8,10,15H,3,6,9,11-12H2,1H3,(H2,19,25)(H,21,24). The lowest BCUT2D eigenvalue weighted by molar-refractivity contribution is -0.123. The Morgan fingerprint density at radius 2 is 2.20 bits per heavy atom. The fourth-order valence-electron chi connectivity index (χ4n) is 3.25. The second-order valence-electron chi connectivity index (χ2n) is 6.44. The maximum Gasteiger partial charge on any atom is 0.239 e. The average molecular weight is 341 g/mol. The molecule has 0 saturated carbocycles. The van der Waals surface area contributed by atoms with E-state index in [4.69, 9.17) is 5.73 Å². The van der Waals surface area contributed by atoms with Gasteiger partial charge in [0.25, 0.3) is 0 Å². The molecule has 0 spiro atoms. The van der Waals surface area contributed by atoms with Gasteiger partial charge in [-0.2, -0.15) is 5.10 Å². The van der Waals surface area contributed by atoms with E-state index in [0.717, 1.165) is 12.0 Å². The van der Waals surface area contributed by atoms with Crippen LogP contribution in [0.4, 0.5) is 5.82 Å². The Morgan fingerprint density at radius 3 is 2.96 bits per heavy atom. The van der Waals surface area contributed by atoms with Crippen LogP contribution in [0.25, 0.3) is 0 Å². The van der Waals surface area contributed by atoms with E-state index in [1.165, 1.54) is 5.56 Å². The Bertz CT molecular complexity index is 770. The van der Waals surface area contributed by atoms with Gasteiger partial charge in [-0.15, -0.1) is 0 Å². The van der Waals surface area contributed by atoms with Crippen LogP contribution < -0.4 is 11.1 Å². The molecule has 1 unspecified atom stereocenters. The summed E-state index contributed by atoms with van der Waals surface area (Å²) in [5.74, 6) is 0.107. The summed E-state index contributed by atoms with van der Waals surface area (Å²) < 4.78 is 1.75. The van der Waals surface area contributed by atoms with Gasteiger partial charge < -0.3 is 11.1 Å². The van der Waals surface area contributed by atoms with Gasteiger partial charge in [-0.25, -0.2) is 4.68 Å². The fraction of sp³-hybridized carbons (Fsp3) is 0.389. The first-order valence-corrected chi connectivity index (χ1v) is 8.43. The van der Waals surface area contributed by atoms with Crippen molar-refractivity contribution in [3.05, 3.63) is 47.7 Å². The van der Waals surface area contributed by atoms with E-state index < -0.39 is 0 Å². The molecule has 7 nitrogen and oxygen atoms in total. The lowest BCUT2D eigenvalue weighted by Gasteiger charge is -2.21. The van der Waals surface area contributed by atoms with Gasteiger partial charge in [0.05, 0.1) is 25.3 Å². The minimum absolute atomic E-state index is 0.156. The fourth-order valence-corrected chi connectivity index (χ4v) is 3.25. The number of benzene rings is 1. The zero-order valence-corrected chi connectivity index (χ0v) is 14.3. The number of rotatable bonds is 6. The molecule has 3 N–H and O–H groups in total. The van der Waals surface area contributed by atoms with Crippen LogP contribution in [0.1, 0.15) is 24.0 Å². The number of anilines is 1. The van der Waals surface area contributed by atoms with Gasteiger partial charge in [-0.1, -0.05) is 29.8 Å². The number of aryl methyl sites for hydroxylation is 1. The van der Waals surface area contributed by atoms with Crippen LogP contribution >= 0.6 is 0 Å². The molecule has 7 heteroatoms. The number of nitrogens with zero attached hydrogens (tertiary/aromatic N) is 3. The van der Waals surface area contributed by atoms with Crippen molar-refractivity contribution in [2.24, 2.45) is 5.73 Å². The van der Waals surface area contributed by atoms with Gasteiger partial charge in [-0.3, -0.25) is 14.5 Å². The number of carbonyl (C=O) groups is 2. The van der Waals surface area contributed by atoms with Crippen molar-refractivity contribution < 1.29 is 9.59 Å². The number of aromatic nitrogens is 2. The molecule has 25 heavy (non-hydrogen) atoms. The minimum Gasteiger partial charge on any atom is -0.368 e. The van der Waals surface area contributed by atoms with Gasteiger partial charge in [0.1, 0.15) is 5.82 Å². The van der Waals surface area contributed by atoms with Crippen molar-refractivity contribution in [1.29, 1.82) is 0 Å². The van der Waals surface area contributed by atoms with Crippen molar-refractivity contribution in [2.75, 3.05) is 18.4 Å². The van der Waals surface area contributed by atoms with Crippen LogP contribution in [0, 0.1) is 6.92 Å². The van der Waals surface area contributed by atoms with Crippen molar-refractivity contribution in [2.45, 2.75) is 32.4 Å². The highest BCUT2D eigenvalue weighted by atomic mass is 16.2. The van der Waals surface area contributed by atoms with Crippen LogP contribution in [-0.2, 0) is 16.1 Å². The van der Waals surface area contributed by atoms with Crippen molar-refractivity contribution in [3.63, 3.8) is 0 Å². The van der Waals surface area contributed by atoms with Crippen LogP contribution in [0.5, 0.6) is 0 Å². The van der Waals surface area contributed by atoms with Crippen molar-refractivity contribution >= 4 is 17.6 Å². The Morgan fingerprint density at radius 1 is 1.36 bits per heavy atom. The summed E-state index contributed by atoms with van der Waals surface area (Å²) in [5.41, 5.74) is 7.70. The number of nitrogens with two attached hydrogens (primary N) is 1. The predicted octanol–water partition coefficient (Wildman–Crippen LogP) is 1.13. The molecule has 2 amide bonds. The molecule has 0 aliphatic carbocycles. The molecule has 132 valence electrons. The normalized spacial score (nSPS) is 17.6. The van der Waals surface area contributed by atoms with Gasteiger partial charge in [-0.05, 0) is 31.9 Å². The second kappa shape index (κ2) is 7.48. The van der Waals surface area contributed by atoms with E-state index in [-0.39, 0.29) is 24.4 Å². The van der Waals surface area contributed by atoms with Gasteiger partial charge in [0.15, 0.2) is 0 Å². The monoisotopic (exact) mass is 341 g/mol. The number of primary amides is 1. The number of nitrogens with one attached hydrogen (secondary N) is 1. The summed E-state index contributed by atoms with van der Waals surface area (Å²) in [6, 6.07) is 9.59. The molecule has 1 fully saturated rings. The first-order chi connectivity index (χ1) is 12.0. The smallest absolute Gasteiger partial charge is 0.239 e. The quantitative estimate of drug-likeness (QED) is 0.823. The third kappa shape index (κ3) is 4.24. The molecule has 2 aromatic rings. The summed E-state index contributed by atoms with van der Waals surface area (Å²) >= 11 is 0. The van der Waals surface area contributed by atoms with E-state index in [1.54, 1.807) is 16.9 Å². The molecule has 1 saturated heterocycles. The van der Waals surface area contributed by atoms with Gasteiger partial charge in [0.2, 0.25) is 11.8 Å². The molecule has 1 aromatic carbocycles. The summed E-state index contributed by atoms with van der Waals surface area (Å²) in [4.78, 5) is 25.6. The van der Waals surface area contributed by atoms with Crippen LogP contribution in [-0.4, -0.2) is 45.6 Å². The lowest BCUT2D eigenvalue weighted by atomic mass is 10.1. The zero-order valence-electron chi connectivity index (χ0n) is 14.3. The predicted molar refractivity (Wildman–Crippen MR) is 94.9 cm³/mol. The molecule has 3 rings (SSSR count). The minimum atomic E-state index is -0.366. The molecular formula is C18H23N5O2. The first-order valence-electron chi connectivity index (χ1n) is 8.43. The molecule has 0 radical (unpaired) electrons. The number of likely N-dealkylation sites (tertiary alicyclic amines) is 1. The summed E-state index contributed by atoms with van der Waals surface area (Å²) in [5, 5.41) is 7.16. The number of hydrogen-bond acceptors (Lipinski definition) is 4. The summed E-state index contributed by atoms with van der Waals surface area (Å²) in [6.07, 6.45) is 3.26. The Labute approximate surface area is 146 Å². The topological polar surface area (TPSA) is 93.2 Å². The van der Waals surface area contributed by atoms with Gasteiger partial charge in [0, 0.05) is 6.07 Å². The third-order valence-electron chi connectivity index (χ3n) is 4.44. The van der Waals surface area contributed by atoms with E-state index in [1.807, 2.05) is 30.0 Å². The second-order valence-corrected chi connectivity index (χ2v) is 6.44. The molecular weight excluding hydrogens is 318 g/mol. The Hall–Kier alpha value is -2.67. The maximum atomic E-state index is 12.3. The van der Waals surface area contributed by atoms with E-state index >= 15 is 0 Å². The molecule has 1 aliphatic rings. The van der Waals surface area contributed by atoms with Crippen LogP contribution in [0.15, 0.2) is 36.5 Å². The highest BCUT2D eigenvalue weighted by molar-refractivity contribution is 5.92. The van der Waals surface area contributed by atoms with Crippen LogP contribution in [0.2, 0.25) is 0 Å². The molecule has 1 aliphatic heterocycles. The number of hydrogen-bond donors (Lipinski definition) is 2. The summed E-state index contributed by atoms with van der Waals surface area (Å²) in [6.45, 7) is 3.49. The van der Waals surface area contributed by atoms with E-state index in [2.05, 4.69) is 16.5 Å². The largest absolute Gasteiger partial charge is 0.368 e. The highest BCUT2D eigenvalue weighted by Crippen LogP contribution is 2.17. The SMILES string of the molecule is Cc1cccc(Cn2nccc2NC(=O)CN2CCCC2C(N)=O)c1. The highest BCUT2D eigenvalue weighted by Gasteiger charge is 2.30. The maximum absolute atomic E-state index is 12.3. The average Bonchev–Trinajstić information content (AvgIpc) is 3.17. The number of amides is 2. The summed E-state index contributed by atoms with van der Waals surface area (Å²) in [7, 11) is 0. The first kappa shape index (κ1) is 17.2. The molecule has 1 atom stereocenters. The Balaban J connectivity index is 1.63. The molecule has 0 bridgehead atoms. The zero-order chi connectivity index (χ0) is 17.8. The van der Waals surface area contributed by atoms with Crippen molar-refractivity contribution in [3.8, 4) is 0 Å². The molecule has 2 heterocycles. The lowest BCUT2D eigenvalue weighted by Crippen LogP contribution is -2.44. The number of carbonyl (C=O) groups excluding carboxylic acids is 2. The Kier molecular flexibility index (Phi) is 5.14. The van der Waals surface area contributed by atoms with Gasteiger partial charge >= 0.3 is 0 Å². The third-order valence-corrected chi connectivity index (χ3v) is 4.44. The van der Waals surface area contributed by atoms with E-state index in [9.17, 15) is 9.59 Å². The molecule has 1 aromatic heterocycles.